The summed E-state index contributed by atoms with van der Waals surface area (Å²) >= 11 is 0. The first-order valence-corrected chi connectivity index (χ1v) is 9.01. The highest BCUT2D eigenvalue weighted by Crippen LogP contribution is 2.10. The van der Waals surface area contributed by atoms with Crippen LogP contribution in [0.3, 0.4) is 0 Å². The summed E-state index contributed by atoms with van der Waals surface area (Å²) < 4.78 is 26.4. The second kappa shape index (κ2) is 8.19. The molecular weight excluding hydrogens is 262 g/mol. The number of rotatable bonds is 9. The van der Waals surface area contributed by atoms with Crippen molar-refractivity contribution in [1.29, 1.82) is 0 Å². The molecule has 19 heavy (non-hydrogen) atoms. The highest BCUT2D eigenvalue weighted by Gasteiger charge is 2.19. The number of nitrogens with zero attached hydrogens (tertiary/aromatic N) is 1. The second-order valence-electron chi connectivity index (χ2n) is 5.72. The third-order valence-corrected chi connectivity index (χ3v) is 4.94. The zero-order chi connectivity index (χ0) is 14.3. The minimum Gasteiger partial charge on any atom is -0.314 e. The molecule has 1 unspecified atom stereocenters. The van der Waals surface area contributed by atoms with E-state index >= 15 is 0 Å². The highest BCUT2D eigenvalue weighted by atomic mass is 32.2. The zero-order valence-electron chi connectivity index (χ0n) is 12.5. The number of sulfonamides is 1. The quantitative estimate of drug-likeness (QED) is 0.616. The van der Waals surface area contributed by atoms with Crippen molar-refractivity contribution in [3.05, 3.63) is 0 Å². The molecule has 0 bridgehead atoms. The van der Waals surface area contributed by atoms with Crippen LogP contribution >= 0.6 is 0 Å². The van der Waals surface area contributed by atoms with Gasteiger partial charge in [-0.05, 0) is 45.8 Å². The van der Waals surface area contributed by atoms with E-state index in [2.05, 4.69) is 35.7 Å². The molecule has 5 nitrogen and oxygen atoms in total. The Hall–Kier alpha value is -0.170. The van der Waals surface area contributed by atoms with Gasteiger partial charge in [0, 0.05) is 18.6 Å². The van der Waals surface area contributed by atoms with Crippen LogP contribution in [0.1, 0.15) is 40.0 Å². The van der Waals surface area contributed by atoms with Crippen LogP contribution in [0, 0.1) is 0 Å². The molecule has 1 saturated heterocycles. The summed E-state index contributed by atoms with van der Waals surface area (Å²) in [6.07, 6.45) is 3.13. The predicted molar refractivity (Wildman–Crippen MR) is 79.8 cm³/mol. The Morgan fingerprint density at radius 2 is 1.79 bits per heavy atom. The lowest BCUT2D eigenvalue weighted by molar-refractivity contribution is 0.260. The fourth-order valence-electron chi connectivity index (χ4n) is 2.28. The summed E-state index contributed by atoms with van der Waals surface area (Å²) in [5.41, 5.74) is 0. The largest absolute Gasteiger partial charge is 0.314 e. The molecule has 114 valence electrons. The Bertz CT molecular complexity index is 338. The molecule has 6 heteroatoms. The van der Waals surface area contributed by atoms with E-state index in [0.29, 0.717) is 25.0 Å². The Labute approximate surface area is 118 Å². The Morgan fingerprint density at radius 3 is 2.37 bits per heavy atom. The first kappa shape index (κ1) is 16.9. The highest BCUT2D eigenvalue weighted by molar-refractivity contribution is 7.89. The van der Waals surface area contributed by atoms with Gasteiger partial charge >= 0.3 is 0 Å². The number of hydrogen-bond acceptors (Lipinski definition) is 4. The minimum absolute atomic E-state index is 0.208. The van der Waals surface area contributed by atoms with Crippen LogP contribution in [0.5, 0.6) is 0 Å². The third kappa shape index (κ3) is 7.25. The van der Waals surface area contributed by atoms with E-state index in [-0.39, 0.29) is 5.75 Å². The van der Waals surface area contributed by atoms with Crippen molar-refractivity contribution in [1.82, 2.24) is 14.9 Å². The molecule has 0 radical (unpaired) electrons. The number of nitrogens with one attached hydrogen (secondary N) is 2. The van der Waals surface area contributed by atoms with E-state index in [1.807, 2.05) is 0 Å². The van der Waals surface area contributed by atoms with Crippen LogP contribution in [0.15, 0.2) is 0 Å². The topological polar surface area (TPSA) is 61.4 Å². The lowest BCUT2D eigenvalue weighted by Gasteiger charge is -2.23. The maximum atomic E-state index is 11.8. The normalized spacial score (nSPS) is 19.2. The maximum Gasteiger partial charge on any atom is 0.211 e. The van der Waals surface area contributed by atoms with Crippen molar-refractivity contribution in [3.8, 4) is 0 Å². The molecular formula is C13H29N3O2S. The van der Waals surface area contributed by atoms with Crippen molar-refractivity contribution < 1.29 is 8.42 Å². The van der Waals surface area contributed by atoms with Crippen LogP contribution in [0.4, 0.5) is 0 Å². The van der Waals surface area contributed by atoms with Gasteiger partial charge in [-0.1, -0.05) is 13.8 Å². The third-order valence-electron chi connectivity index (χ3n) is 3.51. The molecule has 0 aliphatic carbocycles. The van der Waals surface area contributed by atoms with E-state index in [4.69, 9.17) is 0 Å². The van der Waals surface area contributed by atoms with E-state index in [1.54, 1.807) is 0 Å². The van der Waals surface area contributed by atoms with Gasteiger partial charge in [0.1, 0.15) is 0 Å². The molecule has 0 spiro atoms. The summed E-state index contributed by atoms with van der Waals surface area (Å²) in [7, 11) is -3.12. The minimum atomic E-state index is -3.12. The van der Waals surface area contributed by atoms with Crippen molar-refractivity contribution in [3.63, 3.8) is 0 Å². The van der Waals surface area contributed by atoms with E-state index < -0.39 is 10.0 Å². The number of hydrogen-bond donors (Lipinski definition) is 2. The molecule has 1 rings (SSSR count). The summed E-state index contributed by atoms with van der Waals surface area (Å²) in [4.78, 5) is 2.35. The van der Waals surface area contributed by atoms with E-state index in [9.17, 15) is 8.42 Å². The van der Waals surface area contributed by atoms with Gasteiger partial charge in [-0.15, -0.1) is 0 Å². The Kier molecular flexibility index (Phi) is 7.28. The molecule has 0 amide bonds. The summed E-state index contributed by atoms with van der Waals surface area (Å²) in [6.45, 7) is 9.69. The molecule has 0 aromatic carbocycles. The summed E-state index contributed by atoms with van der Waals surface area (Å²) in [5.74, 6) is 0.208. The lowest BCUT2D eigenvalue weighted by atomic mass is 10.3. The van der Waals surface area contributed by atoms with Crippen LogP contribution in [-0.4, -0.2) is 57.3 Å². The standard InChI is InChI=1S/C13H29N3O2S/c1-12(2)14-7-6-10-19(17,18)15-11-13(3)16-8-4-5-9-16/h12-15H,4-11H2,1-3H3. The molecule has 1 fully saturated rings. The molecule has 0 aromatic rings. The average Bonchev–Trinajstić information content (AvgIpc) is 2.85. The smallest absolute Gasteiger partial charge is 0.211 e. The first-order chi connectivity index (χ1) is 8.91. The van der Waals surface area contributed by atoms with Gasteiger partial charge in [-0.3, -0.25) is 4.90 Å². The molecule has 2 N–H and O–H groups in total. The molecule has 1 aliphatic heterocycles. The molecule has 1 aliphatic rings. The molecule has 0 aromatic heterocycles. The fourth-order valence-corrected chi connectivity index (χ4v) is 3.45. The van der Waals surface area contributed by atoms with Gasteiger partial charge in [0.25, 0.3) is 0 Å². The second-order valence-corrected chi connectivity index (χ2v) is 7.65. The monoisotopic (exact) mass is 291 g/mol. The lowest BCUT2D eigenvalue weighted by Crippen LogP contribution is -2.41. The van der Waals surface area contributed by atoms with Crippen LogP contribution in [0.25, 0.3) is 0 Å². The Morgan fingerprint density at radius 1 is 1.16 bits per heavy atom. The predicted octanol–water partition coefficient (Wildman–Crippen LogP) is 0.778. The van der Waals surface area contributed by atoms with Gasteiger partial charge in [0.15, 0.2) is 0 Å². The van der Waals surface area contributed by atoms with E-state index in [1.165, 1.54) is 12.8 Å². The van der Waals surface area contributed by atoms with Gasteiger partial charge in [0.2, 0.25) is 10.0 Å². The molecule has 1 atom stereocenters. The zero-order valence-corrected chi connectivity index (χ0v) is 13.3. The summed E-state index contributed by atoms with van der Waals surface area (Å²) in [5, 5.41) is 3.23. The van der Waals surface area contributed by atoms with Crippen molar-refractivity contribution in [2.45, 2.75) is 52.1 Å². The fraction of sp³-hybridized carbons (Fsp3) is 1.00. The molecule has 1 heterocycles. The van der Waals surface area contributed by atoms with Gasteiger partial charge in [-0.25, -0.2) is 13.1 Å². The molecule has 0 saturated carbocycles. The first-order valence-electron chi connectivity index (χ1n) is 7.35. The van der Waals surface area contributed by atoms with Crippen molar-refractivity contribution >= 4 is 10.0 Å². The van der Waals surface area contributed by atoms with Crippen LogP contribution in [0.2, 0.25) is 0 Å². The maximum absolute atomic E-state index is 11.8. The van der Waals surface area contributed by atoms with Gasteiger partial charge in [0.05, 0.1) is 5.75 Å². The SMILES string of the molecule is CC(C)NCCCS(=O)(=O)NCC(C)N1CCCC1. The van der Waals surface area contributed by atoms with Crippen molar-refractivity contribution in [2.75, 3.05) is 31.9 Å². The van der Waals surface area contributed by atoms with Gasteiger partial charge < -0.3 is 5.32 Å². The Balaban J connectivity index is 2.18. The number of likely N-dealkylation sites (tertiary alicyclic amines) is 1. The van der Waals surface area contributed by atoms with Crippen LogP contribution in [-0.2, 0) is 10.0 Å². The van der Waals surface area contributed by atoms with Crippen molar-refractivity contribution in [2.24, 2.45) is 0 Å². The van der Waals surface area contributed by atoms with Gasteiger partial charge in [-0.2, -0.15) is 0 Å². The van der Waals surface area contributed by atoms with E-state index in [0.717, 1.165) is 19.6 Å². The summed E-state index contributed by atoms with van der Waals surface area (Å²) in [6, 6.07) is 0.705. The van der Waals surface area contributed by atoms with Crippen LogP contribution < -0.4 is 10.0 Å². The average molecular weight is 291 g/mol.